The highest BCUT2D eigenvalue weighted by atomic mass is 32.2. The number of anilines is 1. The van der Waals surface area contributed by atoms with Crippen molar-refractivity contribution in [3.05, 3.63) is 78.1 Å². The summed E-state index contributed by atoms with van der Waals surface area (Å²) in [7, 11) is 0. The van der Waals surface area contributed by atoms with E-state index in [0.717, 1.165) is 11.4 Å². The van der Waals surface area contributed by atoms with Crippen molar-refractivity contribution in [3.63, 3.8) is 0 Å². The van der Waals surface area contributed by atoms with Gasteiger partial charge in [0.15, 0.2) is 11.0 Å². The molecule has 2 aromatic carbocycles. The molecule has 0 aliphatic heterocycles. The van der Waals surface area contributed by atoms with E-state index in [1.54, 1.807) is 6.08 Å². The second-order valence-corrected chi connectivity index (χ2v) is 9.37. The van der Waals surface area contributed by atoms with Crippen LogP contribution in [0.4, 0.5) is 5.69 Å². The number of hydrogen-bond acceptors (Lipinski definition) is 5. The maximum Gasteiger partial charge on any atom is 0.234 e. The monoisotopic (exact) mass is 464 g/mol. The number of amides is 1. The summed E-state index contributed by atoms with van der Waals surface area (Å²) in [5.41, 5.74) is 3.30. The summed E-state index contributed by atoms with van der Waals surface area (Å²) in [5, 5.41) is 12.1. The Morgan fingerprint density at radius 2 is 1.64 bits per heavy atom. The van der Waals surface area contributed by atoms with Crippen LogP contribution in [0.3, 0.4) is 0 Å². The van der Waals surface area contributed by atoms with Crippen molar-refractivity contribution in [1.29, 1.82) is 0 Å². The van der Waals surface area contributed by atoms with Gasteiger partial charge in [0, 0.05) is 12.2 Å². The van der Waals surface area contributed by atoms with E-state index in [1.165, 1.54) is 22.9 Å². The summed E-state index contributed by atoms with van der Waals surface area (Å²) >= 11 is 1.34. The molecule has 0 saturated heterocycles. The molecule has 3 aromatic rings. The summed E-state index contributed by atoms with van der Waals surface area (Å²) < 4.78 is 7.83. The van der Waals surface area contributed by atoms with Gasteiger partial charge in [0.1, 0.15) is 12.4 Å². The van der Waals surface area contributed by atoms with Crippen LogP contribution in [0.15, 0.2) is 66.3 Å². The Kier molecular flexibility index (Phi) is 8.72. The molecule has 1 N–H and O–H groups in total. The molecule has 0 aliphatic carbocycles. The standard InChI is InChI=1S/C26H32N4O2S/c1-6-15-30-24(16-32-23-13-9-21(10-14-23)19(4)5)28-29-26(30)33-17-25(31)27-22-11-7-20(8-12-22)18(2)3/h6-14,18-19H,1,15-17H2,2-5H3,(H,27,31). The van der Waals surface area contributed by atoms with Crippen LogP contribution in [0.25, 0.3) is 0 Å². The fourth-order valence-corrected chi connectivity index (χ4v) is 3.99. The first-order valence-electron chi connectivity index (χ1n) is 11.2. The normalized spacial score (nSPS) is 11.1. The van der Waals surface area contributed by atoms with E-state index in [2.05, 4.69) is 61.9 Å². The van der Waals surface area contributed by atoms with E-state index in [1.807, 2.05) is 41.0 Å². The lowest BCUT2D eigenvalue weighted by Gasteiger charge is -2.11. The number of benzene rings is 2. The van der Waals surface area contributed by atoms with Gasteiger partial charge >= 0.3 is 0 Å². The van der Waals surface area contributed by atoms with Gasteiger partial charge in [-0.15, -0.1) is 16.8 Å². The molecule has 7 heteroatoms. The maximum absolute atomic E-state index is 12.4. The van der Waals surface area contributed by atoms with Crippen LogP contribution < -0.4 is 10.1 Å². The lowest BCUT2D eigenvalue weighted by atomic mass is 10.0. The number of aromatic nitrogens is 3. The summed E-state index contributed by atoms with van der Waals surface area (Å²) in [6, 6.07) is 16.0. The van der Waals surface area contributed by atoms with Crippen molar-refractivity contribution >= 4 is 23.4 Å². The van der Waals surface area contributed by atoms with Gasteiger partial charge in [-0.05, 0) is 47.2 Å². The van der Waals surface area contributed by atoms with Crippen molar-refractivity contribution < 1.29 is 9.53 Å². The molecule has 0 spiro atoms. The van der Waals surface area contributed by atoms with Gasteiger partial charge in [0.2, 0.25) is 5.91 Å². The van der Waals surface area contributed by atoms with E-state index >= 15 is 0 Å². The number of nitrogens with one attached hydrogen (secondary N) is 1. The van der Waals surface area contributed by atoms with Gasteiger partial charge in [0.25, 0.3) is 0 Å². The topological polar surface area (TPSA) is 69.0 Å². The first-order valence-corrected chi connectivity index (χ1v) is 12.1. The molecule has 0 saturated carbocycles. The SMILES string of the molecule is C=CCn1c(COc2ccc(C(C)C)cc2)nnc1SCC(=O)Nc1ccc(C(C)C)cc1. The predicted octanol–water partition coefficient (Wildman–Crippen LogP) is 6.02. The largest absolute Gasteiger partial charge is 0.486 e. The Bertz CT molecular complexity index is 1060. The van der Waals surface area contributed by atoms with Gasteiger partial charge in [-0.1, -0.05) is 69.8 Å². The average molecular weight is 465 g/mol. The molecule has 1 aromatic heterocycles. The van der Waals surface area contributed by atoms with E-state index < -0.39 is 0 Å². The molecular weight excluding hydrogens is 432 g/mol. The van der Waals surface area contributed by atoms with Crippen LogP contribution in [-0.2, 0) is 17.9 Å². The fourth-order valence-electron chi connectivity index (χ4n) is 3.22. The number of hydrogen-bond donors (Lipinski definition) is 1. The van der Waals surface area contributed by atoms with Gasteiger partial charge < -0.3 is 10.1 Å². The van der Waals surface area contributed by atoms with E-state index in [-0.39, 0.29) is 18.3 Å². The second kappa shape index (κ2) is 11.7. The van der Waals surface area contributed by atoms with Crippen molar-refractivity contribution in [2.45, 2.75) is 57.8 Å². The average Bonchev–Trinajstić information content (AvgIpc) is 3.18. The minimum atomic E-state index is -0.0894. The fraction of sp³-hybridized carbons (Fsp3) is 0.346. The molecule has 6 nitrogen and oxygen atoms in total. The number of allylic oxidation sites excluding steroid dienone is 1. The lowest BCUT2D eigenvalue weighted by Crippen LogP contribution is -2.15. The second-order valence-electron chi connectivity index (χ2n) is 8.42. The minimum Gasteiger partial charge on any atom is -0.486 e. The molecule has 33 heavy (non-hydrogen) atoms. The Labute approximate surface area is 200 Å². The van der Waals surface area contributed by atoms with Crippen LogP contribution in [-0.4, -0.2) is 26.4 Å². The van der Waals surface area contributed by atoms with Gasteiger partial charge in [-0.3, -0.25) is 9.36 Å². The molecular formula is C26H32N4O2S. The molecule has 174 valence electrons. The van der Waals surface area contributed by atoms with Gasteiger partial charge in [-0.25, -0.2) is 0 Å². The molecule has 1 heterocycles. The van der Waals surface area contributed by atoms with Crippen LogP contribution in [0.1, 0.15) is 56.5 Å². The lowest BCUT2D eigenvalue weighted by molar-refractivity contribution is -0.113. The predicted molar refractivity (Wildman–Crippen MR) is 135 cm³/mol. The highest BCUT2D eigenvalue weighted by molar-refractivity contribution is 7.99. The zero-order chi connectivity index (χ0) is 23.8. The van der Waals surface area contributed by atoms with Crippen LogP contribution in [0.5, 0.6) is 5.75 Å². The number of thioether (sulfide) groups is 1. The van der Waals surface area contributed by atoms with Crippen molar-refractivity contribution in [2.75, 3.05) is 11.1 Å². The first kappa shape index (κ1) is 24.6. The number of ether oxygens (including phenoxy) is 1. The zero-order valence-electron chi connectivity index (χ0n) is 19.7. The minimum absolute atomic E-state index is 0.0894. The number of nitrogens with zero attached hydrogens (tertiary/aromatic N) is 3. The first-order chi connectivity index (χ1) is 15.9. The third kappa shape index (κ3) is 6.96. The van der Waals surface area contributed by atoms with Crippen LogP contribution in [0, 0.1) is 0 Å². The third-order valence-electron chi connectivity index (χ3n) is 5.21. The molecule has 0 fully saturated rings. The molecule has 0 aliphatic rings. The Hall–Kier alpha value is -3.06. The maximum atomic E-state index is 12.4. The van der Waals surface area contributed by atoms with Gasteiger partial charge in [-0.2, -0.15) is 0 Å². The molecule has 0 unspecified atom stereocenters. The van der Waals surface area contributed by atoms with E-state index in [9.17, 15) is 4.79 Å². The third-order valence-corrected chi connectivity index (χ3v) is 6.18. The summed E-state index contributed by atoms with van der Waals surface area (Å²) in [5.74, 6) is 2.55. The zero-order valence-corrected chi connectivity index (χ0v) is 20.6. The number of carbonyl (C=O) groups is 1. The van der Waals surface area contributed by atoms with E-state index in [0.29, 0.717) is 29.4 Å². The number of carbonyl (C=O) groups excluding carboxylic acids is 1. The Morgan fingerprint density at radius 3 is 2.21 bits per heavy atom. The van der Waals surface area contributed by atoms with Crippen molar-refractivity contribution in [3.8, 4) is 5.75 Å². The summed E-state index contributed by atoms with van der Waals surface area (Å²) in [6.45, 7) is 13.3. The van der Waals surface area contributed by atoms with Crippen molar-refractivity contribution in [2.24, 2.45) is 0 Å². The smallest absolute Gasteiger partial charge is 0.234 e. The highest BCUT2D eigenvalue weighted by Gasteiger charge is 2.14. The molecule has 0 atom stereocenters. The quantitative estimate of drug-likeness (QED) is 0.278. The molecule has 0 radical (unpaired) electrons. The molecule has 1 amide bonds. The Balaban J connectivity index is 1.58. The van der Waals surface area contributed by atoms with Crippen molar-refractivity contribution in [1.82, 2.24) is 14.8 Å². The number of rotatable bonds is 11. The molecule has 0 bridgehead atoms. The van der Waals surface area contributed by atoms with Crippen LogP contribution in [0.2, 0.25) is 0 Å². The van der Waals surface area contributed by atoms with Gasteiger partial charge in [0.05, 0.1) is 5.75 Å². The van der Waals surface area contributed by atoms with E-state index in [4.69, 9.17) is 4.74 Å². The molecule has 3 rings (SSSR count). The summed E-state index contributed by atoms with van der Waals surface area (Å²) in [6.07, 6.45) is 1.78. The summed E-state index contributed by atoms with van der Waals surface area (Å²) in [4.78, 5) is 12.4. The highest BCUT2D eigenvalue weighted by Crippen LogP contribution is 2.22. The van der Waals surface area contributed by atoms with Crippen LogP contribution >= 0.6 is 11.8 Å². The Morgan fingerprint density at radius 1 is 1.03 bits per heavy atom.